The summed E-state index contributed by atoms with van der Waals surface area (Å²) in [5.74, 6) is -3.34. The molecule has 0 aliphatic carbocycles. The van der Waals surface area contributed by atoms with Crippen LogP contribution in [0.2, 0.25) is 0 Å². The Morgan fingerprint density at radius 1 is 1.33 bits per heavy atom. The molecule has 0 unspecified atom stereocenters. The van der Waals surface area contributed by atoms with E-state index in [-0.39, 0.29) is 4.90 Å². The third-order valence-electron chi connectivity index (χ3n) is 1.27. The van der Waals surface area contributed by atoms with Gasteiger partial charge in [-0.2, -0.15) is 0 Å². The second-order valence-electron chi connectivity index (χ2n) is 2.09. The van der Waals surface area contributed by atoms with E-state index in [4.69, 9.17) is 5.11 Å². The first-order valence-corrected chi connectivity index (χ1v) is 3.38. The van der Waals surface area contributed by atoms with Crippen LogP contribution in [0.1, 0.15) is 10.4 Å². The molecule has 0 aromatic heterocycles. The molecule has 0 spiro atoms. The summed E-state index contributed by atoms with van der Waals surface area (Å²) in [6, 6.07) is 1.32. The molecule has 0 aliphatic heterocycles. The van der Waals surface area contributed by atoms with Crippen LogP contribution in [0.5, 0.6) is 0 Å². The van der Waals surface area contributed by atoms with Crippen molar-refractivity contribution in [3.63, 3.8) is 0 Å². The van der Waals surface area contributed by atoms with Gasteiger partial charge in [-0.1, -0.05) is 0 Å². The van der Waals surface area contributed by atoms with Gasteiger partial charge in [0.2, 0.25) is 0 Å². The molecule has 0 amide bonds. The lowest BCUT2D eigenvalue weighted by Gasteiger charge is -1.99. The molecule has 0 bridgehead atoms. The van der Waals surface area contributed by atoms with E-state index in [2.05, 4.69) is 12.6 Å². The summed E-state index contributed by atoms with van der Waals surface area (Å²) < 4.78 is 25.3. The Hall–Kier alpha value is -1.10. The first-order chi connectivity index (χ1) is 5.52. The highest BCUT2D eigenvalue weighted by Crippen LogP contribution is 2.17. The smallest absolute Gasteiger partial charge is 0.338 e. The third kappa shape index (κ3) is 1.55. The molecule has 0 saturated heterocycles. The molecule has 64 valence electrons. The lowest BCUT2D eigenvalue weighted by molar-refractivity contribution is 0.0691. The highest BCUT2D eigenvalue weighted by molar-refractivity contribution is 7.80. The second-order valence-corrected chi connectivity index (χ2v) is 2.57. The van der Waals surface area contributed by atoms with Crippen LogP contribution >= 0.6 is 12.6 Å². The van der Waals surface area contributed by atoms with Crippen molar-refractivity contribution in [2.45, 2.75) is 4.90 Å². The molecule has 1 aromatic carbocycles. The molecule has 5 heteroatoms. The maximum absolute atomic E-state index is 12.7. The molecule has 1 rings (SSSR count). The molecule has 0 heterocycles. The van der Waals surface area contributed by atoms with Gasteiger partial charge in [0.1, 0.15) is 11.6 Å². The maximum Gasteiger partial charge on any atom is 0.338 e. The van der Waals surface area contributed by atoms with E-state index in [0.717, 1.165) is 6.07 Å². The number of aromatic carboxylic acids is 1. The van der Waals surface area contributed by atoms with E-state index < -0.39 is 23.2 Å². The minimum absolute atomic E-state index is 0.211. The van der Waals surface area contributed by atoms with Crippen molar-refractivity contribution in [1.82, 2.24) is 0 Å². The number of hydrogen-bond donors (Lipinski definition) is 2. The van der Waals surface area contributed by atoms with Crippen LogP contribution in [-0.4, -0.2) is 11.1 Å². The van der Waals surface area contributed by atoms with Crippen LogP contribution < -0.4 is 0 Å². The van der Waals surface area contributed by atoms with Gasteiger partial charge in [0, 0.05) is 4.90 Å². The van der Waals surface area contributed by atoms with Gasteiger partial charge in [-0.15, -0.1) is 12.6 Å². The number of benzene rings is 1. The van der Waals surface area contributed by atoms with E-state index in [0.29, 0.717) is 6.07 Å². The molecular weight excluding hydrogens is 186 g/mol. The summed E-state index contributed by atoms with van der Waals surface area (Å²) >= 11 is 3.58. The summed E-state index contributed by atoms with van der Waals surface area (Å²) in [4.78, 5) is 10.0. The van der Waals surface area contributed by atoms with Gasteiger partial charge in [-0.05, 0) is 12.1 Å². The van der Waals surface area contributed by atoms with E-state index >= 15 is 0 Å². The molecule has 12 heavy (non-hydrogen) atoms. The topological polar surface area (TPSA) is 37.3 Å². The lowest BCUT2D eigenvalue weighted by Crippen LogP contribution is -2.01. The molecule has 1 aromatic rings. The number of thiol groups is 1. The predicted octanol–water partition coefficient (Wildman–Crippen LogP) is 1.95. The maximum atomic E-state index is 12.7. The molecule has 0 fully saturated rings. The molecule has 0 radical (unpaired) electrons. The van der Waals surface area contributed by atoms with Crippen molar-refractivity contribution >= 4 is 18.6 Å². The van der Waals surface area contributed by atoms with E-state index in [1.165, 1.54) is 0 Å². The fourth-order valence-corrected chi connectivity index (χ4v) is 0.878. The minimum Gasteiger partial charge on any atom is -0.478 e. The zero-order chi connectivity index (χ0) is 9.30. The second kappa shape index (κ2) is 3.10. The number of carbonyl (C=O) groups is 1. The first-order valence-electron chi connectivity index (χ1n) is 2.93. The first kappa shape index (κ1) is 8.99. The van der Waals surface area contributed by atoms with E-state index in [1.54, 1.807) is 0 Å². The van der Waals surface area contributed by atoms with E-state index in [9.17, 15) is 13.6 Å². The van der Waals surface area contributed by atoms with Crippen LogP contribution in [0.4, 0.5) is 8.78 Å². The Kier molecular flexibility index (Phi) is 2.32. The van der Waals surface area contributed by atoms with Crippen LogP contribution in [-0.2, 0) is 0 Å². The zero-order valence-electron chi connectivity index (χ0n) is 5.71. The summed E-state index contributed by atoms with van der Waals surface area (Å²) in [5.41, 5.74) is -0.690. The van der Waals surface area contributed by atoms with Gasteiger partial charge in [-0.25, -0.2) is 13.6 Å². The standard InChI is InChI=1S/C7H4F2O2S/c8-4-2-6(12)5(9)1-3(4)7(10)11/h1-2,12H,(H,10,11). The average Bonchev–Trinajstić information content (AvgIpc) is 1.96. The number of rotatable bonds is 1. The van der Waals surface area contributed by atoms with Crippen molar-refractivity contribution in [3.8, 4) is 0 Å². The zero-order valence-corrected chi connectivity index (χ0v) is 6.61. The molecule has 0 saturated carbocycles. The molecule has 0 aliphatic rings. The number of hydrogen-bond acceptors (Lipinski definition) is 2. The van der Waals surface area contributed by atoms with Gasteiger partial charge < -0.3 is 5.11 Å². The summed E-state index contributed by atoms with van der Waals surface area (Å²) in [5, 5.41) is 8.35. The van der Waals surface area contributed by atoms with Gasteiger partial charge in [0.15, 0.2) is 0 Å². The quantitative estimate of drug-likeness (QED) is 0.664. The SMILES string of the molecule is O=C(O)c1cc(F)c(S)cc1F. The molecule has 0 atom stereocenters. The van der Waals surface area contributed by atoms with Crippen molar-refractivity contribution in [3.05, 3.63) is 29.3 Å². The molecule has 2 nitrogen and oxygen atoms in total. The molecular formula is C7H4F2O2S. The van der Waals surface area contributed by atoms with Crippen LogP contribution in [0.15, 0.2) is 17.0 Å². The Balaban J connectivity index is 3.33. The number of halogens is 2. The van der Waals surface area contributed by atoms with Gasteiger partial charge in [0.05, 0.1) is 5.56 Å². The monoisotopic (exact) mass is 190 g/mol. The lowest BCUT2D eigenvalue weighted by atomic mass is 10.2. The summed E-state index contributed by atoms with van der Waals surface area (Å²) in [6.45, 7) is 0. The van der Waals surface area contributed by atoms with Gasteiger partial charge in [-0.3, -0.25) is 0 Å². The predicted molar refractivity (Wildman–Crippen MR) is 40.6 cm³/mol. The average molecular weight is 190 g/mol. The Morgan fingerprint density at radius 2 is 1.92 bits per heavy atom. The Morgan fingerprint density at radius 3 is 2.42 bits per heavy atom. The fourth-order valence-electron chi connectivity index (χ4n) is 0.700. The minimum atomic E-state index is -1.50. The number of carboxylic acids is 1. The number of carboxylic acid groups (broad SMARTS) is 1. The summed E-state index contributed by atoms with van der Waals surface area (Å²) in [7, 11) is 0. The van der Waals surface area contributed by atoms with Crippen LogP contribution in [0, 0.1) is 11.6 Å². The van der Waals surface area contributed by atoms with Crippen LogP contribution in [0.3, 0.4) is 0 Å². The highest BCUT2D eigenvalue weighted by Gasteiger charge is 2.13. The van der Waals surface area contributed by atoms with Crippen LogP contribution in [0.25, 0.3) is 0 Å². The van der Waals surface area contributed by atoms with E-state index in [1.807, 2.05) is 0 Å². The van der Waals surface area contributed by atoms with Crippen molar-refractivity contribution in [2.75, 3.05) is 0 Å². The Bertz CT molecular complexity index is 338. The highest BCUT2D eigenvalue weighted by atomic mass is 32.1. The van der Waals surface area contributed by atoms with Gasteiger partial charge in [0.25, 0.3) is 0 Å². The summed E-state index contributed by atoms with van der Waals surface area (Å²) in [6.07, 6.45) is 0. The van der Waals surface area contributed by atoms with Crippen molar-refractivity contribution in [2.24, 2.45) is 0 Å². The largest absolute Gasteiger partial charge is 0.478 e. The normalized spacial score (nSPS) is 9.92. The fraction of sp³-hybridized carbons (Fsp3) is 0. The Labute approximate surface area is 72.2 Å². The van der Waals surface area contributed by atoms with Crippen molar-refractivity contribution < 1.29 is 18.7 Å². The van der Waals surface area contributed by atoms with Gasteiger partial charge >= 0.3 is 5.97 Å². The molecule has 1 N–H and O–H groups in total. The third-order valence-corrected chi connectivity index (χ3v) is 1.61. The van der Waals surface area contributed by atoms with Crippen molar-refractivity contribution in [1.29, 1.82) is 0 Å².